The van der Waals surface area contributed by atoms with Gasteiger partial charge in [-0.05, 0) is 19.2 Å². The lowest BCUT2D eigenvalue weighted by Gasteiger charge is -2.47. The van der Waals surface area contributed by atoms with Gasteiger partial charge in [0, 0.05) is 5.56 Å². The summed E-state index contributed by atoms with van der Waals surface area (Å²) in [6.07, 6.45) is 1.94. The van der Waals surface area contributed by atoms with Crippen LogP contribution in [0.3, 0.4) is 0 Å². The highest BCUT2D eigenvalue weighted by atomic mass is 32.2. The van der Waals surface area contributed by atoms with Crippen molar-refractivity contribution in [3.05, 3.63) is 29.8 Å². The summed E-state index contributed by atoms with van der Waals surface area (Å²) in [5.41, 5.74) is 0.0834. The minimum absolute atomic E-state index is 0.277. The highest BCUT2D eigenvalue weighted by Gasteiger charge is 2.54. The summed E-state index contributed by atoms with van der Waals surface area (Å²) in [5.74, 6) is -0.0572. The van der Waals surface area contributed by atoms with Gasteiger partial charge in [0.25, 0.3) is 0 Å². The molecule has 6 heteroatoms. The SMILES string of the molecule is COC(=O)[C@H]1[C@H]2N=C(SC)N[C@@]1(C)Oc1ccccc12. The summed E-state index contributed by atoms with van der Waals surface area (Å²) in [5, 5.41) is 3.98. The molecule has 20 heavy (non-hydrogen) atoms. The molecule has 0 aromatic heterocycles. The molecule has 3 rings (SSSR count). The van der Waals surface area contributed by atoms with Crippen molar-refractivity contribution in [1.82, 2.24) is 5.32 Å². The van der Waals surface area contributed by atoms with Crippen molar-refractivity contribution in [2.75, 3.05) is 13.4 Å². The van der Waals surface area contributed by atoms with Crippen LogP contribution in [0.4, 0.5) is 0 Å². The summed E-state index contributed by atoms with van der Waals surface area (Å²) in [4.78, 5) is 16.8. The third-order valence-corrected chi connectivity index (χ3v) is 4.32. The van der Waals surface area contributed by atoms with Gasteiger partial charge in [0.05, 0.1) is 7.11 Å². The van der Waals surface area contributed by atoms with Crippen molar-refractivity contribution in [2.24, 2.45) is 10.9 Å². The summed E-state index contributed by atoms with van der Waals surface area (Å²) < 4.78 is 11.0. The van der Waals surface area contributed by atoms with E-state index >= 15 is 0 Å². The Bertz CT molecular complexity index is 590. The number of methoxy groups -OCH3 is 1. The zero-order valence-corrected chi connectivity index (χ0v) is 12.4. The van der Waals surface area contributed by atoms with Crippen LogP contribution in [0, 0.1) is 5.92 Å². The standard InChI is InChI=1S/C14H16N2O3S/c1-14-10(12(17)18-2)11(15-13(16-14)20-3)8-6-4-5-7-9(8)19-14/h4-7,10-11H,1-3H3,(H,15,16)/t10-,11+,14+/m1/s1. The molecular weight excluding hydrogens is 276 g/mol. The van der Waals surface area contributed by atoms with Crippen LogP contribution in [0.15, 0.2) is 29.3 Å². The highest BCUT2D eigenvalue weighted by Crippen LogP contribution is 2.47. The van der Waals surface area contributed by atoms with Gasteiger partial charge in [-0.1, -0.05) is 30.0 Å². The van der Waals surface area contributed by atoms with E-state index in [0.29, 0.717) is 0 Å². The van der Waals surface area contributed by atoms with Crippen LogP contribution in [0.25, 0.3) is 0 Å². The van der Waals surface area contributed by atoms with E-state index in [0.717, 1.165) is 16.5 Å². The first-order valence-corrected chi connectivity index (χ1v) is 7.57. The average Bonchev–Trinajstić information content (AvgIpc) is 2.44. The van der Waals surface area contributed by atoms with E-state index in [1.807, 2.05) is 37.4 Å². The molecule has 1 aromatic rings. The number of amidine groups is 1. The van der Waals surface area contributed by atoms with Crippen molar-refractivity contribution >= 4 is 22.9 Å². The van der Waals surface area contributed by atoms with E-state index in [9.17, 15) is 4.79 Å². The molecule has 0 radical (unpaired) electrons. The fourth-order valence-electron chi connectivity index (χ4n) is 2.79. The Morgan fingerprint density at radius 1 is 1.50 bits per heavy atom. The van der Waals surface area contributed by atoms with Crippen LogP contribution in [0.2, 0.25) is 0 Å². The van der Waals surface area contributed by atoms with Gasteiger partial charge >= 0.3 is 5.97 Å². The average molecular weight is 292 g/mol. The van der Waals surface area contributed by atoms with Gasteiger partial charge in [-0.3, -0.25) is 9.79 Å². The summed E-state index contributed by atoms with van der Waals surface area (Å²) in [6.45, 7) is 1.86. The van der Waals surface area contributed by atoms with E-state index in [4.69, 9.17) is 9.47 Å². The Morgan fingerprint density at radius 3 is 2.95 bits per heavy atom. The smallest absolute Gasteiger partial charge is 0.317 e. The quantitative estimate of drug-likeness (QED) is 0.802. The second-order valence-electron chi connectivity index (χ2n) is 4.96. The fourth-order valence-corrected chi connectivity index (χ4v) is 3.32. The Morgan fingerprint density at radius 2 is 2.25 bits per heavy atom. The molecule has 3 atom stereocenters. The first-order chi connectivity index (χ1) is 9.59. The van der Waals surface area contributed by atoms with Crippen LogP contribution in [-0.2, 0) is 9.53 Å². The van der Waals surface area contributed by atoms with Gasteiger partial charge in [0.15, 0.2) is 10.9 Å². The third-order valence-electron chi connectivity index (χ3n) is 3.73. The number of hydrogen-bond acceptors (Lipinski definition) is 6. The molecular formula is C14H16N2O3S. The summed E-state index contributed by atoms with van der Waals surface area (Å²) in [7, 11) is 1.39. The number of carbonyl (C=O) groups is 1. The van der Waals surface area contributed by atoms with E-state index < -0.39 is 11.6 Å². The topological polar surface area (TPSA) is 59.9 Å². The molecule has 106 valence electrons. The molecule has 0 unspecified atom stereocenters. The normalized spacial score (nSPS) is 30.4. The van der Waals surface area contributed by atoms with Crippen molar-refractivity contribution in [3.63, 3.8) is 0 Å². The maximum atomic E-state index is 12.2. The number of fused-ring (bicyclic) bond motifs is 4. The van der Waals surface area contributed by atoms with Crippen molar-refractivity contribution < 1.29 is 14.3 Å². The Kier molecular flexibility index (Phi) is 3.12. The number of para-hydroxylation sites is 1. The first kappa shape index (κ1) is 13.3. The molecule has 1 aromatic carbocycles. The maximum absolute atomic E-state index is 12.2. The molecule has 1 N–H and O–H groups in total. The van der Waals surface area contributed by atoms with E-state index in [1.54, 1.807) is 0 Å². The zero-order valence-electron chi connectivity index (χ0n) is 11.5. The number of aliphatic imine (C=N–C) groups is 1. The number of carbonyl (C=O) groups excluding carboxylic acids is 1. The lowest BCUT2D eigenvalue weighted by molar-refractivity contribution is -0.158. The number of nitrogens with one attached hydrogen (secondary N) is 1. The second kappa shape index (κ2) is 4.70. The second-order valence-corrected chi connectivity index (χ2v) is 5.75. The van der Waals surface area contributed by atoms with Crippen molar-refractivity contribution in [1.29, 1.82) is 0 Å². The fraction of sp³-hybridized carbons (Fsp3) is 0.429. The zero-order chi connectivity index (χ0) is 14.3. The molecule has 2 aliphatic rings. The first-order valence-electron chi connectivity index (χ1n) is 6.35. The predicted octanol–water partition coefficient (Wildman–Crippen LogP) is 1.95. The molecule has 2 heterocycles. The van der Waals surface area contributed by atoms with Gasteiger partial charge < -0.3 is 14.8 Å². The van der Waals surface area contributed by atoms with Crippen LogP contribution >= 0.6 is 11.8 Å². The number of nitrogens with zero attached hydrogens (tertiary/aromatic N) is 1. The molecule has 0 amide bonds. The number of thioether (sulfide) groups is 1. The van der Waals surface area contributed by atoms with Gasteiger partial charge in [-0.2, -0.15) is 0 Å². The summed E-state index contributed by atoms with van der Waals surface area (Å²) in [6, 6.07) is 7.41. The summed E-state index contributed by atoms with van der Waals surface area (Å²) >= 11 is 1.50. The molecule has 0 saturated carbocycles. The monoisotopic (exact) mass is 292 g/mol. The van der Waals surface area contributed by atoms with Crippen LogP contribution in [0.5, 0.6) is 5.75 Å². The highest BCUT2D eigenvalue weighted by molar-refractivity contribution is 8.13. The van der Waals surface area contributed by atoms with E-state index in [-0.39, 0.29) is 12.0 Å². The lowest BCUT2D eigenvalue weighted by atomic mass is 9.81. The van der Waals surface area contributed by atoms with Crippen LogP contribution in [0.1, 0.15) is 18.5 Å². The Hall–Kier alpha value is -1.69. The largest absolute Gasteiger partial charge is 0.469 e. The number of rotatable bonds is 1. The Balaban J connectivity index is 2.16. The molecule has 5 nitrogen and oxygen atoms in total. The van der Waals surface area contributed by atoms with Crippen LogP contribution in [-0.4, -0.2) is 30.2 Å². The number of benzene rings is 1. The van der Waals surface area contributed by atoms with Crippen molar-refractivity contribution in [3.8, 4) is 5.75 Å². The molecule has 0 fully saturated rings. The Labute approximate surface area is 121 Å². The third kappa shape index (κ3) is 1.86. The number of hydrogen-bond donors (Lipinski definition) is 1. The molecule has 0 saturated heterocycles. The van der Waals surface area contributed by atoms with E-state index in [2.05, 4.69) is 10.3 Å². The molecule has 0 aliphatic carbocycles. The van der Waals surface area contributed by atoms with Crippen molar-refractivity contribution in [2.45, 2.75) is 18.7 Å². The van der Waals surface area contributed by atoms with Gasteiger partial charge in [0.2, 0.25) is 0 Å². The van der Waals surface area contributed by atoms with Gasteiger partial charge in [-0.25, -0.2) is 0 Å². The van der Waals surface area contributed by atoms with Crippen LogP contribution < -0.4 is 10.1 Å². The minimum atomic E-state index is -0.841. The lowest BCUT2D eigenvalue weighted by Crippen LogP contribution is -2.63. The van der Waals surface area contributed by atoms with Gasteiger partial charge in [-0.15, -0.1) is 0 Å². The van der Waals surface area contributed by atoms with E-state index in [1.165, 1.54) is 18.9 Å². The van der Waals surface area contributed by atoms with Gasteiger partial charge in [0.1, 0.15) is 17.7 Å². The predicted molar refractivity (Wildman–Crippen MR) is 77.8 cm³/mol. The minimum Gasteiger partial charge on any atom is -0.469 e. The molecule has 2 aliphatic heterocycles. The number of ether oxygens (including phenoxy) is 2. The molecule has 0 spiro atoms. The maximum Gasteiger partial charge on any atom is 0.317 e. The molecule has 2 bridgehead atoms. The number of esters is 1.